The number of anilines is 1. The van der Waals surface area contributed by atoms with Crippen molar-refractivity contribution in [2.24, 2.45) is 0 Å². The number of benzene rings is 1. The van der Waals surface area contributed by atoms with Crippen molar-refractivity contribution in [3.05, 3.63) is 29.6 Å². The highest BCUT2D eigenvalue weighted by Gasteiger charge is 2.40. The Hall–Kier alpha value is -1.09. The Kier molecular flexibility index (Phi) is 3.97. The van der Waals surface area contributed by atoms with Crippen LogP contribution in [0.4, 0.5) is 10.1 Å². The summed E-state index contributed by atoms with van der Waals surface area (Å²) in [5.74, 6) is -0.147. The van der Waals surface area contributed by atoms with Gasteiger partial charge in [0.2, 0.25) is 0 Å². The second-order valence-electron chi connectivity index (χ2n) is 6.32. The largest absolute Gasteiger partial charge is 0.382 e. The molecule has 2 aliphatic rings. The van der Waals surface area contributed by atoms with Gasteiger partial charge in [-0.25, -0.2) is 4.39 Å². The van der Waals surface area contributed by atoms with Crippen molar-refractivity contribution in [3.8, 4) is 0 Å². The van der Waals surface area contributed by atoms with Crippen molar-refractivity contribution in [2.75, 3.05) is 11.9 Å². The summed E-state index contributed by atoms with van der Waals surface area (Å²) in [6, 6.07) is 5.19. The first-order chi connectivity index (χ1) is 9.69. The molecule has 1 saturated carbocycles. The molecule has 1 aromatic rings. The zero-order valence-electron chi connectivity index (χ0n) is 12.3. The van der Waals surface area contributed by atoms with Gasteiger partial charge in [0.25, 0.3) is 0 Å². The van der Waals surface area contributed by atoms with Crippen LogP contribution in [0.2, 0.25) is 0 Å². The quantitative estimate of drug-likeness (QED) is 0.882. The zero-order valence-corrected chi connectivity index (χ0v) is 12.3. The van der Waals surface area contributed by atoms with Gasteiger partial charge < -0.3 is 10.1 Å². The number of hydrogen-bond donors (Lipinski definition) is 1. The fourth-order valence-electron chi connectivity index (χ4n) is 3.63. The van der Waals surface area contributed by atoms with E-state index in [1.54, 1.807) is 6.07 Å². The smallest absolute Gasteiger partial charge is 0.128 e. The highest BCUT2D eigenvalue weighted by molar-refractivity contribution is 5.51. The van der Waals surface area contributed by atoms with Crippen LogP contribution in [0.1, 0.15) is 50.5 Å². The number of hydrogen-bond acceptors (Lipinski definition) is 2. The fraction of sp³-hybridized carbons (Fsp3) is 0.647. The maximum absolute atomic E-state index is 13.5. The van der Waals surface area contributed by atoms with Crippen LogP contribution in [0.25, 0.3) is 0 Å². The molecule has 0 radical (unpaired) electrons. The zero-order chi connectivity index (χ0) is 14.0. The summed E-state index contributed by atoms with van der Waals surface area (Å²) in [4.78, 5) is 0. The minimum absolute atomic E-state index is 0.147. The molecule has 2 fully saturated rings. The highest BCUT2D eigenvalue weighted by Crippen LogP contribution is 2.41. The van der Waals surface area contributed by atoms with Gasteiger partial charge in [0.1, 0.15) is 5.82 Å². The van der Waals surface area contributed by atoms with E-state index in [9.17, 15) is 4.39 Å². The van der Waals surface area contributed by atoms with Gasteiger partial charge in [0.15, 0.2) is 0 Å². The van der Waals surface area contributed by atoms with Crippen LogP contribution in [0.15, 0.2) is 18.2 Å². The predicted octanol–water partition coefficient (Wildman–Crippen LogP) is 4.43. The third-order valence-electron chi connectivity index (χ3n) is 4.89. The van der Waals surface area contributed by atoms with Crippen LogP contribution in [0.5, 0.6) is 0 Å². The number of nitrogens with one attached hydrogen (secondary N) is 1. The van der Waals surface area contributed by atoms with Crippen LogP contribution < -0.4 is 5.32 Å². The second kappa shape index (κ2) is 5.72. The van der Waals surface area contributed by atoms with Gasteiger partial charge >= 0.3 is 0 Å². The minimum atomic E-state index is -0.147. The molecule has 1 N–H and O–H groups in total. The molecule has 110 valence electrons. The van der Waals surface area contributed by atoms with E-state index < -0.39 is 0 Å². The van der Waals surface area contributed by atoms with Crippen LogP contribution in [-0.4, -0.2) is 18.2 Å². The average molecular weight is 277 g/mol. The SMILES string of the molecule is Cc1c(F)cccc1NCC1CCC2(CCCCC2)O1. The van der Waals surface area contributed by atoms with Gasteiger partial charge in [0.05, 0.1) is 11.7 Å². The van der Waals surface area contributed by atoms with E-state index in [1.165, 1.54) is 44.6 Å². The molecule has 3 rings (SSSR count). The normalized spacial score (nSPS) is 25.0. The molecular weight excluding hydrogens is 253 g/mol. The third kappa shape index (κ3) is 2.83. The Morgan fingerprint density at radius 1 is 1.25 bits per heavy atom. The Morgan fingerprint density at radius 2 is 2.05 bits per heavy atom. The molecule has 1 unspecified atom stereocenters. The lowest BCUT2D eigenvalue weighted by molar-refractivity contribution is -0.0588. The van der Waals surface area contributed by atoms with Gasteiger partial charge in [-0.05, 0) is 44.7 Å². The minimum Gasteiger partial charge on any atom is -0.382 e. The fourth-order valence-corrected chi connectivity index (χ4v) is 3.63. The number of ether oxygens (including phenoxy) is 1. The third-order valence-corrected chi connectivity index (χ3v) is 4.89. The standard InChI is InChI=1S/C17H24FNO/c1-13-15(18)6-5-7-16(13)19-12-14-8-11-17(20-14)9-3-2-4-10-17/h5-7,14,19H,2-4,8-12H2,1H3. The monoisotopic (exact) mass is 277 g/mol. The number of halogens is 1. The molecule has 1 heterocycles. The van der Waals surface area contributed by atoms with E-state index in [-0.39, 0.29) is 17.5 Å². The molecule has 1 saturated heterocycles. The summed E-state index contributed by atoms with van der Waals surface area (Å²) in [6.07, 6.45) is 9.02. The predicted molar refractivity (Wildman–Crippen MR) is 79.5 cm³/mol. The number of rotatable bonds is 3. The summed E-state index contributed by atoms with van der Waals surface area (Å²) in [6.45, 7) is 2.60. The molecule has 20 heavy (non-hydrogen) atoms. The molecule has 3 heteroatoms. The Balaban J connectivity index is 1.56. The summed E-state index contributed by atoms with van der Waals surface area (Å²) >= 11 is 0. The molecule has 1 spiro atoms. The molecule has 1 aliphatic heterocycles. The molecule has 1 atom stereocenters. The first kappa shape index (κ1) is 13.9. The lowest BCUT2D eigenvalue weighted by atomic mass is 9.83. The maximum Gasteiger partial charge on any atom is 0.128 e. The molecular formula is C17H24FNO. The van der Waals surface area contributed by atoms with Gasteiger partial charge in [-0.15, -0.1) is 0 Å². The van der Waals surface area contributed by atoms with E-state index in [4.69, 9.17) is 4.74 Å². The molecule has 1 aromatic carbocycles. The highest BCUT2D eigenvalue weighted by atomic mass is 19.1. The van der Waals surface area contributed by atoms with E-state index in [1.807, 2.05) is 13.0 Å². The molecule has 1 aliphatic carbocycles. The first-order valence-electron chi connectivity index (χ1n) is 7.85. The van der Waals surface area contributed by atoms with Crippen molar-refractivity contribution in [3.63, 3.8) is 0 Å². The van der Waals surface area contributed by atoms with E-state index in [0.29, 0.717) is 5.56 Å². The van der Waals surface area contributed by atoms with E-state index in [0.717, 1.165) is 18.7 Å². The Morgan fingerprint density at radius 3 is 2.85 bits per heavy atom. The molecule has 0 aromatic heterocycles. The van der Waals surface area contributed by atoms with Gasteiger partial charge in [0, 0.05) is 17.8 Å². The van der Waals surface area contributed by atoms with Crippen LogP contribution in [0, 0.1) is 12.7 Å². The van der Waals surface area contributed by atoms with Crippen molar-refractivity contribution in [2.45, 2.75) is 63.6 Å². The molecule has 0 bridgehead atoms. The summed E-state index contributed by atoms with van der Waals surface area (Å²) in [5, 5.41) is 3.35. The second-order valence-corrected chi connectivity index (χ2v) is 6.32. The lowest BCUT2D eigenvalue weighted by Crippen LogP contribution is -2.33. The lowest BCUT2D eigenvalue weighted by Gasteiger charge is -2.33. The van der Waals surface area contributed by atoms with Gasteiger partial charge in [-0.3, -0.25) is 0 Å². The first-order valence-corrected chi connectivity index (χ1v) is 7.85. The van der Waals surface area contributed by atoms with Crippen LogP contribution in [0.3, 0.4) is 0 Å². The van der Waals surface area contributed by atoms with Crippen molar-refractivity contribution >= 4 is 5.69 Å². The van der Waals surface area contributed by atoms with Crippen molar-refractivity contribution in [1.29, 1.82) is 0 Å². The van der Waals surface area contributed by atoms with E-state index in [2.05, 4.69) is 5.32 Å². The van der Waals surface area contributed by atoms with Crippen molar-refractivity contribution in [1.82, 2.24) is 0 Å². The summed E-state index contributed by atoms with van der Waals surface area (Å²) < 4.78 is 19.8. The van der Waals surface area contributed by atoms with Gasteiger partial charge in [-0.2, -0.15) is 0 Å². The molecule has 2 nitrogen and oxygen atoms in total. The van der Waals surface area contributed by atoms with Gasteiger partial charge in [-0.1, -0.05) is 25.3 Å². The van der Waals surface area contributed by atoms with Crippen LogP contribution in [-0.2, 0) is 4.74 Å². The topological polar surface area (TPSA) is 21.3 Å². The van der Waals surface area contributed by atoms with Crippen molar-refractivity contribution < 1.29 is 9.13 Å². The average Bonchev–Trinajstić information content (AvgIpc) is 2.84. The Labute approximate surface area is 120 Å². The van der Waals surface area contributed by atoms with Crippen LogP contribution >= 0.6 is 0 Å². The summed E-state index contributed by atoms with van der Waals surface area (Å²) in [5.41, 5.74) is 1.75. The summed E-state index contributed by atoms with van der Waals surface area (Å²) in [7, 11) is 0. The maximum atomic E-state index is 13.5. The van der Waals surface area contributed by atoms with E-state index >= 15 is 0 Å². The molecule has 0 amide bonds. The Bertz CT molecular complexity index is 468.